The van der Waals surface area contributed by atoms with E-state index in [1.807, 2.05) is 28.9 Å². The standard InChI is InChI=1S/C14H11BrN2O2/c15-10-4-5-14-16-11(8-17(14)7-10)9-19-13-3-1-2-12(18)6-13/h1-8,18H,9H2. The van der Waals surface area contributed by atoms with Crippen LogP contribution in [0.1, 0.15) is 5.69 Å². The molecule has 1 aromatic carbocycles. The number of phenols is 1. The molecule has 0 atom stereocenters. The summed E-state index contributed by atoms with van der Waals surface area (Å²) in [7, 11) is 0. The average molecular weight is 319 g/mol. The zero-order chi connectivity index (χ0) is 13.2. The molecule has 1 N–H and O–H groups in total. The number of hydrogen-bond acceptors (Lipinski definition) is 3. The molecule has 2 aromatic heterocycles. The number of halogens is 1. The van der Waals surface area contributed by atoms with Crippen molar-refractivity contribution in [2.75, 3.05) is 0 Å². The summed E-state index contributed by atoms with van der Waals surface area (Å²) in [6, 6.07) is 10.6. The molecule has 0 fully saturated rings. The van der Waals surface area contributed by atoms with E-state index in [1.54, 1.807) is 24.3 Å². The Bertz CT molecular complexity index is 724. The maximum Gasteiger partial charge on any atom is 0.137 e. The van der Waals surface area contributed by atoms with Gasteiger partial charge in [-0.05, 0) is 40.2 Å². The lowest BCUT2D eigenvalue weighted by atomic mass is 10.3. The highest BCUT2D eigenvalue weighted by Crippen LogP contribution is 2.19. The summed E-state index contributed by atoms with van der Waals surface area (Å²) in [5, 5.41) is 9.35. The number of fused-ring (bicyclic) bond motifs is 1. The number of phenolic OH excluding ortho intramolecular Hbond substituents is 1. The Morgan fingerprint density at radius 2 is 2.11 bits per heavy atom. The summed E-state index contributed by atoms with van der Waals surface area (Å²) in [4.78, 5) is 4.45. The first-order valence-electron chi connectivity index (χ1n) is 5.76. The van der Waals surface area contributed by atoms with Crippen LogP contribution in [0.2, 0.25) is 0 Å². The molecule has 4 nitrogen and oxygen atoms in total. The van der Waals surface area contributed by atoms with Gasteiger partial charge >= 0.3 is 0 Å². The smallest absolute Gasteiger partial charge is 0.137 e. The van der Waals surface area contributed by atoms with Gasteiger partial charge in [0.1, 0.15) is 23.8 Å². The topological polar surface area (TPSA) is 46.8 Å². The summed E-state index contributed by atoms with van der Waals surface area (Å²) in [5.74, 6) is 0.815. The fourth-order valence-corrected chi connectivity index (χ4v) is 2.17. The van der Waals surface area contributed by atoms with Crippen LogP contribution in [0.5, 0.6) is 11.5 Å². The molecule has 3 rings (SSSR count). The summed E-state index contributed by atoms with van der Waals surface area (Å²) in [5.41, 5.74) is 1.71. The highest BCUT2D eigenvalue weighted by atomic mass is 79.9. The predicted octanol–water partition coefficient (Wildman–Crippen LogP) is 3.38. The maximum absolute atomic E-state index is 9.35. The zero-order valence-corrected chi connectivity index (χ0v) is 11.5. The van der Waals surface area contributed by atoms with E-state index in [2.05, 4.69) is 20.9 Å². The minimum Gasteiger partial charge on any atom is -0.508 e. The molecule has 96 valence electrons. The molecule has 0 aliphatic heterocycles. The van der Waals surface area contributed by atoms with Crippen LogP contribution < -0.4 is 4.74 Å². The van der Waals surface area contributed by atoms with Crippen molar-refractivity contribution >= 4 is 21.6 Å². The van der Waals surface area contributed by atoms with Crippen molar-refractivity contribution in [2.24, 2.45) is 0 Å². The lowest BCUT2D eigenvalue weighted by Crippen LogP contribution is -1.95. The Balaban J connectivity index is 1.78. The van der Waals surface area contributed by atoms with Crippen molar-refractivity contribution in [2.45, 2.75) is 6.61 Å². The number of aromatic hydroxyl groups is 1. The largest absolute Gasteiger partial charge is 0.508 e. The lowest BCUT2D eigenvalue weighted by Gasteiger charge is -2.03. The van der Waals surface area contributed by atoms with Crippen molar-refractivity contribution in [3.8, 4) is 11.5 Å². The number of benzene rings is 1. The third-order valence-corrected chi connectivity index (χ3v) is 3.14. The minimum atomic E-state index is 0.191. The molecule has 0 amide bonds. The monoisotopic (exact) mass is 318 g/mol. The second-order valence-corrected chi connectivity index (χ2v) is 5.05. The van der Waals surface area contributed by atoms with Gasteiger partial charge in [0.25, 0.3) is 0 Å². The quantitative estimate of drug-likeness (QED) is 0.805. The Kier molecular flexibility index (Phi) is 3.13. The van der Waals surface area contributed by atoms with E-state index in [1.165, 1.54) is 0 Å². The Morgan fingerprint density at radius 1 is 1.21 bits per heavy atom. The van der Waals surface area contributed by atoms with E-state index in [-0.39, 0.29) is 5.75 Å². The number of ether oxygens (including phenoxy) is 1. The van der Waals surface area contributed by atoms with Crippen LogP contribution in [-0.4, -0.2) is 14.5 Å². The van der Waals surface area contributed by atoms with Crippen molar-refractivity contribution < 1.29 is 9.84 Å². The van der Waals surface area contributed by atoms with E-state index >= 15 is 0 Å². The number of rotatable bonds is 3. The van der Waals surface area contributed by atoms with Crippen LogP contribution in [0.15, 0.2) is 53.3 Å². The van der Waals surface area contributed by atoms with Gasteiger partial charge in [0.2, 0.25) is 0 Å². The molecule has 0 aliphatic carbocycles. The molecule has 19 heavy (non-hydrogen) atoms. The van der Waals surface area contributed by atoms with E-state index < -0.39 is 0 Å². The van der Waals surface area contributed by atoms with E-state index in [9.17, 15) is 5.11 Å². The van der Waals surface area contributed by atoms with Crippen molar-refractivity contribution in [3.63, 3.8) is 0 Å². The normalized spacial score (nSPS) is 10.8. The number of hydrogen-bond donors (Lipinski definition) is 1. The van der Waals surface area contributed by atoms with Gasteiger partial charge in [-0.2, -0.15) is 0 Å². The van der Waals surface area contributed by atoms with Gasteiger partial charge in [-0.25, -0.2) is 4.98 Å². The molecular formula is C14H11BrN2O2. The molecule has 0 unspecified atom stereocenters. The molecule has 0 aliphatic rings. The molecule has 0 saturated carbocycles. The van der Waals surface area contributed by atoms with Crippen LogP contribution in [0.25, 0.3) is 5.65 Å². The first kappa shape index (κ1) is 12.0. The van der Waals surface area contributed by atoms with Gasteiger partial charge in [0.15, 0.2) is 0 Å². The van der Waals surface area contributed by atoms with Gasteiger partial charge in [-0.1, -0.05) is 6.07 Å². The Hall–Kier alpha value is -2.01. The third-order valence-electron chi connectivity index (χ3n) is 2.67. The van der Waals surface area contributed by atoms with E-state index in [0.29, 0.717) is 12.4 Å². The second-order valence-electron chi connectivity index (χ2n) is 4.13. The van der Waals surface area contributed by atoms with E-state index in [0.717, 1.165) is 15.8 Å². The second kappa shape index (κ2) is 4.93. The zero-order valence-electron chi connectivity index (χ0n) is 9.95. The van der Waals surface area contributed by atoms with Crippen LogP contribution in [-0.2, 0) is 6.61 Å². The number of aromatic nitrogens is 2. The molecule has 0 bridgehead atoms. The first-order valence-corrected chi connectivity index (χ1v) is 6.55. The maximum atomic E-state index is 9.35. The highest BCUT2D eigenvalue weighted by Gasteiger charge is 2.03. The van der Waals surface area contributed by atoms with Crippen LogP contribution in [0.4, 0.5) is 0 Å². The number of nitrogens with zero attached hydrogens (tertiary/aromatic N) is 2. The number of imidazole rings is 1. The average Bonchev–Trinajstić information content (AvgIpc) is 2.78. The minimum absolute atomic E-state index is 0.191. The Morgan fingerprint density at radius 3 is 2.95 bits per heavy atom. The van der Waals surface area contributed by atoms with Crippen molar-refractivity contribution in [3.05, 3.63) is 59.0 Å². The van der Waals surface area contributed by atoms with Gasteiger partial charge in [-0.15, -0.1) is 0 Å². The highest BCUT2D eigenvalue weighted by molar-refractivity contribution is 9.10. The fraction of sp³-hybridized carbons (Fsp3) is 0.0714. The molecule has 2 heterocycles. The summed E-state index contributed by atoms with van der Waals surface area (Å²) < 4.78 is 8.52. The third kappa shape index (κ3) is 2.71. The van der Waals surface area contributed by atoms with Crippen LogP contribution in [0.3, 0.4) is 0 Å². The van der Waals surface area contributed by atoms with Gasteiger partial charge in [0, 0.05) is 22.9 Å². The Labute approximate surface area is 118 Å². The first-order chi connectivity index (χ1) is 9.20. The predicted molar refractivity (Wildman–Crippen MR) is 75.3 cm³/mol. The SMILES string of the molecule is Oc1cccc(OCc2cn3cc(Br)ccc3n2)c1. The van der Waals surface area contributed by atoms with Gasteiger partial charge in [0.05, 0.1) is 5.69 Å². The van der Waals surface area contributed by atoms with Gasteiger partial charge < -0.3 is 14.2 Å². The molecule has 3 aromatic rings. The molecular weight excluding hydrogens is 308 g/mol. The fourth-order valence-electron chi connectivity index (χ4n) is 1.82. The molecule has 0 saturated heterocycles. The van der Waals surface area contributed by atoms with Gasteiger partial charge in [-0.3, -0.25) is 0 Å². The van der Waals surface area contributed by atoms with Crippen LogP contribution in [0, 0.1) is 0 Å². The molecule has 0 spiro atoms. The summed E-state index contributed by atoms with van der Waals surface area (Å²) >= 11 is 3.42. The van der Waals surface area contributed by atoms with E-state index in [4.69, 9.17) is 4.74 Å². The summed E-state index contributed by atoms with van der Waals surface area (Å²) in [6.45, 7) is 0.364. The lowest BCUT2D eigenvalue weighted by molar-refractivity contribution is 0.300. The van der Waals surface area contributed by atoms with Crippen molar-refractivity contribution in [1.82, 2.24) is 9.38 Å². The van der Waals surface area contributed by atoms with Crippen LogP contribution >= 0.6 is 15.9 Å². The summed E-state index contributed by atoms with van der Waals surface area (Å²) in [6.07, 6.45) is 3.86. The molecule has 0 radical (unpaired) electrons. The number of pyridine rings is 1. The molecule has 5 heteroatoms. The van der Waals surface area contributed by atoms with Crippen molar-refractivity contribution in [1.29, 1.82) is 0 Å².